The molecule has 2 aromatic carbocycles. The van der Waals surface area contributed by atoms with E-state index >= 15 is 0 Å². The van der Waals surface area contributed by atoms with Gasteiger partial charge in [0.2, 0.25) is 5.91 Å². The molecule has 142 valence electrons. The van der Waals surface area contributed by atoms with E-state index in [4.69, 9.17) is 0 Å². The first kappa shape index (κ1) is 18.0. The highest BCUT2D eigenvalue weighted by atomic mass is 16.2. The summed E-state index contributed by atoms with van der Waals surface area (Å²) in [7, 11) is 0. The van der Waals surface area contributed by atoms with Crippen LogP contribution in [0.4, 0.5) is 5.82 Å². The van der Waals surface area contributed by atoms with Crippen molar-refractivity contribution in [3.63, 3.8) is 0 Å². The zero-order valence-electron chi connectivity index (χ0n) is 15.9. The minimum Gasteiger partial charge on any atom is -0.331 e. The third-order valence-electron chi connectivity index (χ3n) is 5.13. The zero-order chi connectivity index (χ0) is 19.7. The summed E-state index contributed by atoms with van der Waals surface area (Å²) in [6.07, 6.45) is 2.60. The maximum atomic E-state index is 12.9. The Hall–Kier alpha value is -3.41. The van der Waals surface area contributed by atoms with Crippen molar-refractivity contribution in [2.45, 2.75) is 32.9 Å². The molecule has 0 radical (unpaired) electrons. The van der Waals surface area contributed by atoms with E-state index in [1.54, 1.807) is 24.4 Å². The molecule has 0 aliphatic rings. The van der Waals surface area contributed by atoms with Crippen molar-refractivity contribution in [3.8, 4) is 0 Å². The van der Waals surface area contributed by atoms with Crippen molar-refractivity contribution in [1.82, 2.24) is 14.3 Å². The quantitative estimate of drug-likeness (QED) is 0.538. The van der Waals surface area contributed by atoms with Crippen LogP contribution in [0.25, 0.3) is 21.8 Å². The number of carbonyl (C=O) groups is 1. The van der Waals surface area contributed by atoms with Gasteiger partial charge in [0.05, 0.1) is 23.3 Å². The van der Waals surface area contributed by atoms with Crippen molar-refractivity contribution in [1.29, 1.82) is 0 Å². The van der Waals surface area contributed by atoms with Crippen molar-refractivity contribution >= 4 is 33.5 Å². The smallest absolute Gasteiger partial charge is 0.245 e. The Morgan fingerprint density at radius 1 is 1.04 bits per heavy atom. The first-order chi connectivity index (χ1) is 13.6. The number of hydrogen-bond donors (Lipinski definition) is 1. The molecule has 4 rings (SSSR count). The van der Waals surface area contributed by atoms with Crippen molar-refractivity contribution in [2.75, 3.05) is 5.32 Å². The molecule has 28 heavy (non-hydrogen) atoms. The lowest BCUT2D eigenvalue weighted by atomic mass is 10.1. The third-order valence-corrected chi connectivity index (χ3v) is 5.13. The maximum Gasteiger partial charge on any atom is 0.245 e. The molecule has 0 aliphatic heterocycles. The van der Waals surface area contributed by atoms with Gasteiger partial charge in [-0.3, -0.25) is 9.59 Å². The summed E-state index contributed by atoms with van der Waals surface area (Å²) in [5.74, 6) is 0.512. The minimum atomic E-state index is -0.163. The summed E-state index contributed by atoms with van der Waals surface area (Å²) >= 11 is 0. The lowest BCUT2D eigenvalue weighted by Gasteiger charge is -2.17. The van der Waals surface area contributed by atoms with E-state index in [2.05, 4.69) is 24.3 Å². The molecule has 4 aromatic rings. The fourth-order valence-electron chi connectivity index (χ4n) is 3.51. The standard InChI is InChI=1S/C22H22N4O2/c1-3-15(2)26-20(12-13-23-26)24-21(27)14-25-18-10-6-4-8-16(18)22(28)17-9-5-7-11-19(17)25/h4-13,15H,3,14H2,1-2H3,(H,24,27). The van der Waals surface area contributed by atoms with Crippen LogP contribution >= 0.6 is 0 Å². The summed E-state index contributed by atoms with van der Waals surface area (Å²) < 4.78 is 3.71. The highest BCUT2D eigenvalue weighted by molar-refractivity contribution is 5.96. The number of para-hydroxylation sites is 2. The van der Waals surface area contributed by atoms with E-state index in [0.29, 0.717) is 16.6 Å². The SMILES string of the molecule is CCC(C)n1nccc1NC(=O)Cn1c2ccccc2c(=O)c2ccccc21. The summed E-state index contributed by atoms with van der Waals surface area (Å²) in [6.45, 7) is 4.24. The molecule has 0 bridgehead atoms. The van der Waals surface area contributed by atoms with Crippen LogP contribution < -0.4 is 10.7 Å². The Balaban J connectivity index is 1.75. The van der Waals surface area contributed by atoms with Gasteiger partial charge in [-0.2, -0.15) is 5.10 Å². The molecule has 0 saturated carbocycles. The van der Waals surface area contributed by atoms with Gasteiger partial charge in [-0.25, -0.2) is 4.68 Å². The van der Waals surface area contributed by atoms with Crippen LogP contribution in [-0.2, 0) is 11.3 Å². The number of carbonyl (C=O) groups excluding carboxylic acids is 1. The van der Waals surface area contributed by atoms with Crippen LogP contribution in [0.2, 0.25) is 0 Å². The van der Waals surface area contributed by atoms with Gasteiger partial charge in [-0.1, -0.05) is 31.2 Å². The van der Waals surface area contributed by atoms with Crippen molar-refractivity contribution in [3.05, 3.63) is 71.0 Å². The van der Waals surface area contributed by atoms with E-state index in [0.717, 1.165) is 17.5 Å². The molecule has 1 N–H and O–H groups in total. The van der Waals surface area contributed by atoms with Crippen molar-refractivity contribution in [2.24, 2.45) is 0 Å². The molecule has 1 atom stereocenters. The number of pyridine rings is 1. The topological polar surface area (TPSA) is 68.9 Å². The van der Waals surface area contributed by atoms with Crippen LogP contribution in [0.3, 0.4) is 0 Å². The summed E-state index contributed by atoms with van der Waals surface area (Å²) in [5.41, 5.74) is 1.48. The summed E-state index contributed by atoms with van der Waals surface area (Å²) in [6, 6.07) is 16.8. The number of anilines is 1. The predicted octanol–water partition coefficient (Wildman–Crippen LogP) is 3.96. The molecule has 0 aliphatic carbocycles. The highest BCUT2D eigenvalue weighted by Gasteiger charge is 2.15. The monoisotopic (exact) mass is 374 g/mol. The van der Waals surface area contributed by atoms with Gasteiger partial charge >= 0.3 is 0 Å². The Morgan fingerprint density at radius 3 is 2.25 bits per heavy atom. The first-order valence-corrected chi connectivity index (χ1v) is 9.43. The Labute approximate surface area is 162 Å². The molecule has 6 nitrogen and oxygen atoms in total. The fourth-order valence-corrected chi connectivity index (χ4v) is 3.51. The summed E-state index contributed by atoms with van der Waals surface area (Å²) in [4.78, 5) is 25.7. The number of rotatable bonds is 5. The molecule has 1 amide bonds. The number of nitrogens with zero attached hydrogens (tertiary/aromatic N) is 3. The van der Waals surface area contributed by atoms with Crippen LogP contribution in [0.5, 0.6) is 0 Å². The van der Waals surface area contributed by atoms with Gasteiger partial charge in [0.1, 0.15) is 12.4 Å². The lowest BCUT2D eigenvalue weighted by molar-refractivity contribution is -0.116. The highest BCUT2D eigenvalue weighted by Crippen LogP contribution is 2.20. The second-order valence-corrected chi connectivity index (χ2v) is 6.92. The third kappa shape index (κ3) is 3.07. The average Bonchev–Trinajstić information content (AvgIpc) is 3.18. The van der Waals surface area contributed by atoms with E-state index in [1.165, 1.54) is 0 Å². The molecule has 2 heterocycles. The zero-order valence-corrected chi connectivity index (χ0v) is 15.9. The van der Waals surface area contributed by atoms with Gasteiger partial charge in [0, 0.05) is 16.8 Å². The Bertz CT molecular complexity index is 1160. The number of hydrogen-bond acceptors (Lipinski definition) is 3. The molecule has 6 heteroatoms. The number of benzene rings is 2. The first-order valence-electron chi connectivity index (χ1n) is 9.43. The second kappa shape index (κ2) is 7.31. The molecule has 1 unspecified atom stereocenters. The molecule has 2 aromatic heterocycles. The lowest BCUT2D eigenvalue weighted by Crippen LogP contribution is -2.23. The van der Waals surface area contributed by atoms with E-state index in [1.807, 2.05) is 45.6 Å². The molecular weight excluding hydrogens is 352 g/mol. The van der Waals surface area contributed by atoms with E-state index in [9.17, 15) is 9.59 Å². The number of nitrogens with one attached hydrogen (secondary N) is 1. The minimum absolute atomic E-state index is 0.0160. The number of fused-ring (bicyclic) bond motifs is 2. The summed E-state index contributed by atoms with van der Waals surface area (Å²) in [5, 5.41) is 8.49. The van der Waals surface area contributed by atoms with Gasteiger partial charge in [-0.15, -0.1) is 0 Å². The van der Waals surface area contributed by atoms with Gasteiger partial charge in [-0.05, 0) is 37.6 Å². The number of aromatic nitrogens is 3. The normalized spacial score (nSPS) is 12.4. The van der Waals surface area contributed by atoms with Crippen LogP contribution in [0, 0.1) is 0 Å². The van der Waals surface area contributed by atoms with E-state index in [-0.39, 0.29) is 23.9 Å². The molecule has 0 saturated heterocycles. The predicted molar refractivity (Wildman–Crippen MR) is 112 cm³/mol. The molecule has 0 spiro atoms. The van der Waals surface area contributed by atoms with Gasteiger partial charge < -0.3 is 9.88 Å². The van der Waals surface area contributed by atoms with E-state index < -0.39 is 0 Å². The second-order valence-electron chi connectivity index (χ2n) is 6.92. The Kier molecular flexibility index (Phi) is 4.69. The molecular formula is C22H22N4O2. The number of amides is 1. The molecule has 0 fully saturated rings. The van der Waals surface area contributed by atoms with Crippen LogP contribution in [0.1, 0.15) is 26.3 Å². The maximum absolute atomic E-state index is 12.9. The van der Waals surface area contributed by atoms with Gasteiger partial charge in [0.25, 0.3) is 0 Å². The van der Waals surface area contributed by atoms with Crippen molar-refractivity contribution < 1.29 is 4.79 Å². The average molecular weight is 374 g/mol. The Morgan fingerprint density at radius 2 is 1.64 bits per heavy atom. The van der Waals surface area contributed by atoms with Crippen LogP contribution in [0.15, 0.2) is 65.6 Å². The van der Waals surface area contributed by atoms with Crippen LogP contribution in [-0.4, -0.2) is 20.3 Å². The van der Waals surface area contributed by atoms with Gasteiger partial charge in [0.15, 0.2) is 5.43 Å². The largest absolute Gasteiger partial charge is 0.331 e. The fraction of sp³-hybridized carbons (Fsp3) is 0.227.